The van der Waals surface area contributed by atoms with Crippen LogP contribution in [0.1, 0.15) is 18.4 Å². The van der Waals surface area contributed by atoms with Crippen LogP contribution in [0.15, 0.2) is 24.3 Å². The Morgan fingerprint density at radius 1 is 1.33 bits per heavy atom. The quantitative estimate of drug-likeness (QED) is 0.754. The molecule has 0 amide bonds. The van der Waals surface area contributed by atoms with Gasteiger partial charge in [0.25, 0.3) is 0 Å². The molecule has 2 rings (SSSR count). The molecule has 0 spiro atoms. The lowest BCUT2D eigenvalue weighted by molar-refractivity contribution is 0.150. The van der Waals surface area contributed by atoms with Crippen molar-refractivity contribution in [1.29, 1.82) is 0 Å². The molecule has 15 heavy (non-hydrogen) atoms. The number of hydrogen-bond acceptors (Lipinski definition) is 1. The van der Waals surface area contributed by atoms with Gasteiger partial charge in [0.15, 0.2) is 0 Å². The van der Waals surface area contributed by atoms with Crippen molar-refractivity contribution in [3.8, 4) is 0 Å². The van der Waals surface area contributed by atoms with E-state index in [2.05, 4.69) is 0 Å². The topological polar surface area (TPSA) is 0 Å². The molecule has 1 fully saturated rings. The van der Waals surface area contributed by atoms with Gasteiger partial charge in [-0.15, -0.1) is 0 Å². The molecule has 0 N–H and O–H groups in total. The summed E-state index contributed by atoms with van der Waals surface area (Å²) in [6.45, 7) is 0. The Hall–Kier alpha value is -0.210. The molecule has 1 heterocycles. The zero-order chi connectivity index (χ0) is 10.7. The SMILES string of the molecule is FC1(Cc2cccc(Cl)c2)CCSCC1. The Morgan fingerprint density at radius 2 is 2.07 bits per heavy atom. The van der Waals surface area contributed by atoms with Crippen LogP contribution in [-0.4, -0.2) is 17.2 Å². The van der Waals surface area contributed by atoms with E-state index in [9.17, 15) is 4.39 Å². The third-order valence-corrected chi connectivity index (χ3v) is 4.02. The van der Waals surface area contributed by atoms with Crippen LogP contribution < -0.4 is 0 Å². The molecule has 0 bridgehead atoms. The predicted molar refractivity (Wildman–Crippen MR) is 65.6 cm³/mol. The molecule has 0 radical (unpaired) electrons. The lowest BCUT2D eigenvalue weighted by atomic mass is 9.91. The molecule has 1 aromatic carbocycles. The van der Waals surface area contributed by atoms with E-state index < -0.39 is 5.67 Å². The van der Waals surface area contributed by atoms with Crippen LogP contribution in [0.3, 0.4) is 0 Å². The molecule has 0 nitrogen and oxygen atoms in total. The zero-order valence-corrected chi connectivity index (χ0v) is 10.1. The summed E-state index contributed by atoms with van der Waals surface area (Å²) in [5, 5.41) is 0.696. The van der Waals surface area contributed by atoms with Crippen molar-refractivity contribution in [3.05, 3.63) is 34.9 Å². The van der Waals surface area contributed by atoms with Crippen LogP contribution in [0.5, 0.6) is 0 Å². The van der Waals surface area contributed by atoms with Gasteiger partial charge in [-0.3, -0.25) is 0 Å². The molecular weight excluding hydrogens is 231 g/mol. The summed E-state index contributed by atoms with van der Waals surface area (Å²) in [6, 6.07) is 7.53. The Labute approximate surface area is 99.2 Å². The van der Waals surface area contributed by atoms with Crippen molar-refractivity contribution in [2.45, 2.75) is 24.9 Å². The van der Waals surface area contributed by atoms with Crippen molar-refractivity contribution >= 4 is 23.4 Å². The summed E-state index contributed by atoms with van der Waals surface area (Å²) in [7, 11) is 0. The molecule has 1 aromatic rings. The fraction of sp³-hybridized carbons (Fsp3) is 0.500. The summed E-state index contributed by atoms with van der Waals surface area (Å²) in [6.07, 6.45) is 1.85. The molecule has 0 aromatic heterocycles. The second-order valence-corrected chi connectivity index (χ2v) is 5.73. The first-order chi connectivity index (χ1) is 7.18. The first kappa shape index (κ1) is 11.3. The minimum absolute atomic E-state index is 0.508. The van der Waals surface area contributed by atoms with Crippen molar-refractivity contribution in [1.82, 2.24) is 0 Å². The first-order valence-electron chi connectivity index (χ1n) is 5.19. The van der Waals surface area contributed by atoms with Crippen LogP contribution in [0.2, 0.25) is 5.02 Å². The average molecular weight is 245 g/mol. The highest BCUT2D eigenvalue weighted by Crippen LogP contribution is 2.33. The number of hydrogen-bond donors (Lipinski definition) is 0. The molecular formula is C12H14ClFS. The predicted octanol–water partition coefficient (Wildman–Crippen LogP) is 4.12. The van der Waals surface area contributed by atoms with E-state index >= 15 is 0 Å². The molecule has 0 saturated carbocycles. The van der Waals surface area contributed by atoms with Gasteiger partial charge in [0.2, 0.25) is 0 Å². The van der Waals surface area contributed by atoms with Crippen LogP contribution in [0.25, 0.3) is 0 Å². The largest absolute Gasteiger partial charge is 0.243 e. The highest BCUT2D eigenvalue weighted by Gasteiger charge is 2.31. The van der Waals surface area contributed by atoms with E-state index in [-0.39, 0.29) is 0 Å². The highest BCUT2D eigenvalue weighted by molar-refractivity contribution is 7.99. The van der Waals surface area contributed by atoms with Crippen LogP contribution in [0, 0.1) is 0 Å². The normalized spacial score (nSPS) is 20.1. The van der Waals surface area contributed by atoms with Crippen molar-refractivity contribution in [2.24, 2.45) is 0 Å². The van der Waals surface area contributed by atoms with Gasteiger partial charge in [0.05, 0.1) is 0 Å². The molecule has 1 aliphatic heterocycles. The van der Waals surface area contributed by atoms with Gasteiger partial charge >= 0.3 is 0 Å². The second kappa shape index (κ2) is 4.75. The first-order valence-corrected chi connectivity index (χ1v) is 6.72. The fourth-order valence-electron chi connectivity index (χ4n) is 1.93. The molecule has 0 atom stereocenters. The third kappa shape index (κ3) is 3.12. The Bertz CT molecular complexity index is 334. The van der Waals surface area contributed by atoms with Gasteiger partial charge in [-0.1, -0.05) is 23.7 Å². The van der Waals surface area contributed by atoms with Gasteiger partial charge < -0.3 is 0 Å². The summed E-state index contributed by atoms with van der Waals surface area (Å²) in [4.78, 5) is 0. The number of thioether (sulfide) groups is 1. The van der Waals surface area contributed by atoms with E-state index in [0.29, 0.717) is 24.3 Å². The smallest absolute Gasteiger partial charge is 0.116 e. The third-order valence-electron chi connectivity index (χ3n) is 2.80. The van der Waals surface area contributed by atoms with E-state index in [4.69, 9.17) is 11.6 Å². The fourth-order valence-corrected chi connectivity index (χ4v) is 3.36. The summed E-state index contributed by atoms with van der Waals surface area (Å²) in [5.41, 5.74) is 0.00698. The molecule has 82 valence electrons. The number of alkyl halides is 1. The van der Waals surface area contributed by atoms with Crippen molar-refractivity contribution in [3.63, 3.8) is 0 Å². The van der Waals surface area contributed by atoms with E-state index in [1.54, 1.807) is 0 Å². The summed E-state index contributed by atoms with van der Waals surface area (Å²) in [5.74, 6) is 1.88. The monoisotopic (exact) mass is 244 g/mol. The van der Waals surface area contributed by atoms with Gasteiger partial charge in [-0.2, -0.15) is 11.8 Å². The Kier molecular flexibility index (Phi) is 3.57. The summed E-state index contributed by atoms with van der Waals surface area (Å²) >= 11 is 7.73. The van der Waals surface area contributed by atoms with Gasteiger partial charge in [0, 0.05) is 11.4 Å². The lowest BCUT2D eigenvalue weighted by Crippen LogP contribution is -2.30. The number of halogens is 2. The van der Waals surface area contributed by atoms with Crippen LogP contribution in [-0.2, 0) is 6.42 Å². The van der Waals surface area contributed by atoms with Crippen LogP contribution in [0.4, 0.5) is 4.39 Å². The van der Waals surface area contributed by atoms with Gasteiger partial charge in [-0.25, -0.2) is 4.39 Å². The summed E-state index contributed by atoms with van der Waals surface area (Å²) < 4.78 is 14.3. The molecule has 3 heteroatoms. The molecule has 1 saturated heterocycles. The molecule has 0 unspecified atom stereocenters. The average Bonchev–Trinajstić information content (AvgIpc) is 2.18. The van der Waals surface area contributed by atoms with E-state index in [0.717, 1.165) is 17.1 Å². The Morgan fingerprint density at radius 3 is 2.73 bits per heavy atom. The minimum Gasteiger partial charge on any atom is -0.243 e. The lowest BCUT2D eigenvalue weighted by Gasteiger charge is -2.29. The standard InChI is InChI=1S/C12H14ClFS/c13-11-3-1-2-10(8-11)9-12(14)4-6-15-7-5-12/h1-3,8H,4-7,9H2. The van der Waals surface area contributed by atoms with Crippen molar-refractivity contribution < 1.29 is 4.39 Å². The second-order valence-electron chi connectivity index (χ2n) is 4.07. The van der Waals surface area contributed by atoms with Crippen molar-refractivity contribution in [2.75, 3.05) is 11.5 Å². The Balaban J connectivity index is 2.06. The van der Waals surface area contributed by atoms with Gasteiger partial charge in [0.1, 0.15) is 5.67 Å². The van der Waals surface area contributed by atoms with E-state index in [1.807, 2.05) is 36.0 Å². The van der Waals surface area contributed by atoms with E-state index in [1.165, 1.54) is 0 Å². The maximum absolute atomic E-state index is 14.3. The number of rotatable bonds is 2. The highest BCUT2D eigenvalue weighted by atomic mass is 35.5. The maximum Gasteiger partial charge on any atom is 0.116 e. The molecule has 1 aliphatic rings. The van der Waals surface area contributed by atoms with Crippen LogP contribution >= 0.6 is 23.4 Å². The maximum atomic E-state index is 14.3. The number of benzene rings is 1. The minimum atomic E-state index is -1.00. The zero-order valence-electron chi connectivity index (χ0n) is 8.51. The molecule has 0 aliphatic carbocycles. The van der Waals surface area contributed by atoms with Gasteiger partial charge in [-0.05, 0) is 42.0 Å².